The first kappa shape index (κ1) is 18.4. The van der Waals surface area contributed by atoms with E-state index in [4.69, 9.17) is 4.74 Å². The van der Waals surface area contributed by atoms with E-state index >= 15 is 0 Å². The van der Waals surface area contributed by atoms with Crippen LogP contribution in [0.15, 0.2) is 30.3 Å². The molecule has 0 radical (unpaired) electrons. The van der Waals surface area contributed by atoms with Crippen molar-refractivity contribution in [3.63, 3.8) is 0 Å². The van der Waals surface area contributed by atoms with Crippen molar-refractivity contribution in [1.82, 2.24) is 25.0 Å². The summed E-state index contributed by atoms with van der Waals surface area (Å²) in [5, 5.41) is 11.5. The highest BCUT2D eigenvalue weighted by atomic mass is 16.5. The van der Waals surface area contributed by atoms with Gasteiger partial charge in [0.05, 0.1) is 13.2 Å². The van der Waals surface area contributed by atoms with Gasteiger partial charge in [0.1, 0.15) is 5.82 Å². The zero-order chi connectivity index (χ0) is 18.2. The molecule has 0 saturated heterocycles. The lowest BCUT2D eigenvalue weighted by molar-refractivity contribution is 0.146. The topological polar surface area (TPSA) is 72.3 Å². The zero-order valence-corrected chi connectivity index (χ0v) is 15.4. The highest BCUT2D eigenvalue weighted by Gasteiger charge is 2.17. The van der Waals surface area contributed by atoms with Gasteiger partial charge < -0.3 is 19.5 Å². The maximum Gasteiger partial charge on any atom is 0.318 e. The Morgan fingerprint density at radius 1 is 1.23 bits per heavy atom. The Labute approximate surface area is 154 Å². The van der Waals surface area contributed by atoms with Crippen molar-refractivity contribution in [2.75, 3.05) is 20.3 Å². The summed E-state index contributed by atoms with van der Waals surface area (Å²) in [6, 6.07) is 9.86. The van der Waals surface area contributed by atoms with Crippen molar-refractivity contribution in [3.05, 3.63) is 47.5 Å². The normalized spacial score (nSPS) is 13.7. The molecule has 0 atom stereocenters. The number of carbonyl (C=O) groups is 1. The Bertz CT molecular complexity index is 701. The molecule has 0 saturated carbocycles. The molecule has 3 rings (SSSR count). The molecule has 1 aromatic carbocycles. The number of nitrogens with one attached hydrogen (secondary N) is 1. The Kier molecular flexibility index (Phi) is 6.60. The summed E-state index contributed by atoms with van der Waals surface area (Å²) in [5.74, 6) is 1.87. The van der Waals surface area contributed by atoms with Gasteiger partial charge in [0.25, 0.3) is 0 Å². The number of ether oxygens (including phenoxy) is 1. The van der Waals surface area contributed by atoms with Gasteiger partial charge in [0, 0.05) is 33.2 Å². The first-order valence-electron chi connectivity index (χ1n) is 9.24. The summed E-state index contributed by atoms with van der Waals surface area (Å²) in [4.78, 5) is 14.4. The number of nitrogens with zero attached hydrogens (tertiary/aromatic N) is 4. The van der Waals surface area contributed by atoms with Crippen LogP contribution in [-0.2, 0) is 30.8 Å². The van der Waals surface area contributed by atoms with E-state index in [-0.39, 0.29) is 6.03 Å². The van der Waals surface area contributed by atoms with Gasteiger partial charge in [-0.25, -0.2) is 4.79 Å². The number of hydrogen-bond acceptors (Lipinski definition) is 4. The van der Waals surface area contributed by atoms with E-state index in [9.17, 15) is 4.79 Å². The average Bonchev–Trinajstić information content (AvgIpc) is 2.90. The lowest BCUT2D eigenvalue weighted by Crippen LogP contribution is -2.41. The molecule has 1 aromatic heterocycles. The molecule has 1 aliphatic heterocycles. The highest BCUT2D eigenvalue weighted by molar-refractivity contribution is 5.74. The quantitative estimate of drug-likeness (QED) is 0.826. The van der Waals surface area contributed by atoms with E-state index in [0.29, 0.717) is 26.2 Å². The fourth-order valence-corrected chi connectivity index (χ4v) is 3.20. The molecule has 7 heteroatoms. The molecule has 2 heterocycles. The molecule has 0 aliphatic carbocycles. The van der Waals surface area contributed by atoms with Gasteiger partial charge >= 0.3 is 6.03 Å². The van der Waals surface area contributed by atoms with Crippen LogP contribution in [0, 0.1) is 0 Å². The Hall–Kier alpha value is -2.41. The third kappa shape index (κ3) is 4.82. The number of amides is 2. The number of carbonyl (C=O) groups excluding carboxylic acids is 1. The second kappa shape index (κ2) is 9.33. The predicted molar refractivity (Wildman–Crippen MR) is 98.5 cm³/mol. The molecule has 140 valence electrons. The third-order valence-electron chi connectivity index (χ3n) is 4.65. The molecular weight excluding hydrogens is 330 g/mol. The van der Waals surface area contributed by atoms with E-state index in [0.717, 1.165) is 43.0 Å². The fraction of sp³-hybridized carbons (Fsp3) is 0.526. The number of rotatable bonds is 7. The van der Waals surface area contributed by atoms with Crippen LogP contribution in [-0.4, -0.2) is 46.0 Å². The van der Waals surface area contributed by atoms with Gasteiger partial charge in [-0.15, -0.1) is 10.2 Å². The minimum Gasteiger partial charge on any atom is -0.383 e. The smallest absolute Gasteiger partial charge is 0.318 e. The third-order valence-corrected chi connectivity index (χ3v) is 4.65. The Morgan fingerprint density at radius 3 is 2.88 bits per heavy atom. The Morgan fingerprint density at radius 2 is 2.08 bits per heavy atom. The molecule has 1 N–H and O–H groups in total. The van der Waals surface area contributed by atoms with Crippen LogP contribution in [0.25, 0.3) is 0 Å². The summed E-state index contributed by atoms with van der Waals surface area (Å²) in [6.07, 6.45) is 4.48. The van der Waals surface area contributed by atoms with E-state index < -0.39 is 0 Å². The second-order valence-electron chi connectivity index (χ2n) is 6.55. The number of urea groups is 1. The van der Waals surface area contributed by atoms with Gasteiger partial charge in [0.2, 0.25) is 0 Å². The van der Waals surface area contributed by atoms with Gasteiger partial charge in [-0.1, -0.05) is 36.8 Å². The summed E-state index contributed by atoms with van der Waals surface area (Å²) >= 11 is 0. The minimum atomic E-state index is -0.114. The molecular formula is C19H27N5O2. The minimum absolute atomic E-state index is 0.114. The number of fused-ring (bicyclic) bond motifs is 1. The van der Waals surface area contributed by atoms with E-state index in [1.807, 2.05) is 30.3 Å². The SMILES string of the molecule is COCCN(Cc1ccccc1)C(=O)NCc1nnc2n1CCCCC2. The molecule has 0 fully saturated rings. The second-order valence-corrected chi connectivity index (χ2v) is 6.55. The standard InChI is InChI=1S/C19H27N5O2/c1-26-13-12-23(15-16-8-4-2-5-9-16)19(25)20-14-18-22-21-17-10-6-3-7-11-24(17)18/h2,4-5,8-9H,3,6-7,10-15H2,1H3,(H,20,25). The summed E-state index contributed by atoms with van der Waals surface area (Å²) in [5.41, 5.74) is 1.09. The number of methoxy groups -OCH3 is 1. The molecule has 0 spiro atoms. The first-order valence-corrected chi connectivity index (χ1v) is 9.24. The molecule has 2 amide bonds. The van der Waals surface area contributed by atoms with Crippen molar-refractivity contribution in [1.29, 1.82) is 0 Å². The lowest BCUT2D eigenvalue weighted by Gasteiger charge is -2.23. The number of benzene rings is 1. The van der Waals surface area contributed by atoms with Crippen molar-refractivity contribution in [2.45, 2.75) is 45.3 Å². The average molecular weight is 357 g/mol. The van der Waals surface area contributed by atoms with E-state index in [1.54, 1.807) is 12.0 Å². The number of aromatic nitrogens is 3. The van der Waals surface area contributed by atoms with E-state index in [1.165, 1.54) is 6.42 Å². The number of aryl methyl sites for hydroxylation is 1. The summed E-state index contributed by atoms with van der Waals surface area (Å²) in [7, 11) is 1.64. The molecule has 26 heavy (non-hydrogen) atoms. The largest absolute Gasteiger partial charge is 0.383 e. The maximum absolute atomic E-state index is 12.7. The summed E-state index contributed by atoms with van der Waals surface area (Å²) < 4.78 is 7.31. The van der Waals surface area contributed by atoms with Crippen molar-refractivity contribution >= 4 is 6.03 Å². The van der Waals surface area contributed by atoms with E-state index in [2.05, 4.69) is 20.1 Å². The van der Waals surface area contributed by atoms with Crippen LogP contribution in [0.2, 0.25) is 0 Å². The fourth-order valence-electron chi connectivity index (χ4n) is 3.20. The van der Waals surface area contributed by atoms with Crippen LogP contribution in [0.4, 0.5) is 4.79 Å². The first-order chi connectivity index (χ1) is 12.8. The molecule has 0 bridgehead atoms. The maximum atomic E-state index is 12.7. The predicted octanol–water partition coefficient (Wildman–Crippen LogP) is 2.36. The van der Waals surface area contributed by atoms with Crippen molar-refractivity contribution in [2.24, 2.45) is 0 Å². The Balaban J connectivity index is 1.61. The molecule has 7 nitrogen and oxygen atoms in total. The summed E-state index contributed by atoms with van der Waals surface area (Å²) in [6.45, 7) is 2.92. The molecule has 1 aliphatic rings. The van der Waals surface area contributed by atoms with Gasteiger partial charge in [-0.2, -0.15) is 0 Å². The monoisotopic (exact) mass is 357 g/mol. The lowest BCUT2D eigenvalue weighted by atomic mass is 10.2. The van der Waals surface area contributed by atoms with Crippen LogP contribution >= 0.6 is 0 Å². The number of hydrogen-bond donors (Lipinski definition) is 1. The van der Waals surface area contributed by atoms with Crippen molar-refractivity contribution in [3.8, 4) is 0 Å². The van der Waals surface area contributed by atoms with Gasteiger partial charge in [-0.3, -0.25) is 0 Å². The van der Waals surface area contributed by atoms with Crippen LogP contribution in [0.1, 0.15) is 36.5 Å². The van der Waals surface area contributed by atoms with Crippen LogP contribution < -0.4 is 5.32 Å². The van der Waals surface area contributed by atoms with Crippen LogP contribution in [0.5, 0.6) is 0 Å². The highest BCUT2D eigenvalue weighted by Crippen LogP contribution is 2.14. The molecule has 0 unspecified atom stereocenters. The van der Waals surface area contributed by atoms with Crippen molar-refractivity contribution < 1.29 is 9.53 Å². The zero-order valence-electron chi connectivity index (χ0n) is 15.4. The van der Waals surface area contributed by atoms with Gasteiger partial charge in [0.15, 0.2) is 5.82 Å². The van der Waals surface area contributed by atoms with Crippen LogP contribution in [0.3, 0.4) is 0 Å². The van der Waals surface area contributed by atoms with Gasteiger partial charge in [-0.05, 0) is 18.4 Å². The molecule has 2 aromatic rings.